The van der Waals surface area contributed by atoms with Gasteiger partial charge in [-0.3, -0.25) is 49.2 Å². The lowest BCUT2D eigenvalue weighted by atomic mass is 10.2. The average molecular weight is 647 g/mol. The lowest BCUT2D eigenvalue weighted by Gasteiger charge is -2.14. The lowest BCUT2D eigenvalue weighted by molar-refractivity contribution is -0.384. The summed E-state index contributed by atoms with van der Waals surface area (Å²) < 4.78 is 0.227. The van der Waals surface area contributed by atoms with Crippen molar-refractivity contribution in [1.82, 2.24) is 9.80 Å². The van der Waals surface area contributed by atoms with Gasteiger partial charge in [0.05, 0.1) is 19.7 Å². The first-order valence-corrected chi connectivity index (χ1v) is 14.3. The molecule has 2 aliphatic heterocycles. The predicted octanol–water partition coefficient (Wildman–Crippen LogP) is 3.79. The monoisotopic (exact) mass is 646 g/mol. The van der Waals surface area contributed by atoms with E-state index in [2.05, 4.69) is 10.6 Å². The molecule has 0 saturated carbocycles. The zero-order valence-corrected chi connectivity index (χ0v) is 24.4. The third-order valence-corrected chi connectivity index (χ3v) is 8.80. The summed E-state index contributed by atoms with van der Waals surface area (Å²) >= 11 is 12.3. The molecule has 2 saturated heterocycles. The Morgan fingerprint density at radius 3 is 1.43 bits per heavy atom. The topological polar surface area (TPSA) is 185 Å². The Hall–Kier alpha value is -4.26. The van der Waals surface area contributed by atoms with E-state index in [1.807, 2.05) is 0 Å². The molecule has 0 atom stereocenters. The minimum atomic E-state index is -0.629. The largest absolute Gasteiger partial charge is 0.320 e. The number of rotatable bonds is 10. The van der Waals surface area contributed by atoms with Gasteiger partial charge in [0.1, 0.15) is 20.0 Å². The van der Waals surface area contributed by atoms with Crippen LogP contribution in [0.25, 0.3) is 0 Å². The molecule has 0 radical (unpaired) electrons. The molecule has 0 spiro atoms. The zero-order chi connectivity index (χ0) is 30.6. The molecule has 2 N–H and O–H groups in total. The summed E-state index contributed by atoms with van der Waals surface area (Å²) in [4.78, 5) is 74.6. The van der Waals surface area contributed by atoms with E-state index in [-0.39, 0.29) is 67.1 Å². The number of thiocarbonyl (C=S) groups is 2. The number of carbonyl (C=O) groups is 4. The number of nitrogens with one attached hydrogen (secondary N) is 2. The second-order valence-corrected chi connectivity index (χ2v) is 11.7. The zero-order valence-electron chi connectivity index (χ0n) is 21.1. The maximum Gasteiger partial charge on any atom is 0.292 e. The number of carbonyl (C=O) groups excluding carboxylic acids is 4. The van der Waals surface area contributed by atoms with E-state index in [0.29, 0.717) is 0 Å². The Labute approximate surface area is 256 Å². The molecule has 2 aromatic carbocycles. The van der Waals surface area contributed by atoms with Crippen LogP contribution in [0.2, 0.25) is 0 Å². The number of nitrogens with zero attached hydrogens (tertiary/aromatic N) is 4. The Morgan fingerprint density at radius 2 is 1.07 bits per heavy atom. The number of benzene rings is 2. The number of amides is 4. The van der Waals surface area contributed by atoms with Crippen molar-refractivity contribution in [3.63, 3.8) is 0 Å². The van der Waals surface area contributed by atoms with Crippen molar-refractivity contribution in [1.29, 1.82) is 0 Å². The number of anilines is 2. The molecule has 0 aromatic heterocycles. The average Bonchev–Trinajstić information content (AvgIpc) is 3.39. The molecule has 2 heterocycles. The highest BCUT2D eigenvalue weighted by Crippen LogP contribution is 2.42. The molecule has 18 heteroatoms. The minimum Gasteiger partial charge on any atom is -0.320 e. The highest BCUT2D eigenvalue weighted by Gasteiger charge is 2.42. The third-order valence-electron chi connectivity index (χ3n) is 5.78. The highest BCUT2D eigenvalue weighted by molar-refractivity contribution is 8.29. The summed E-state index contributed by atoms with van der Waals surface area (Å²) in [5.74, 6) is -2.36. The van der Waals surface area contributed by atoms with Crippen LogP contribution in [0, 0.1) is 20.2 Å². The van der Waals surface area contributed by atoms with Crippen molar-refractivity contribution in [2.45, 2.75) is 12.8 Å². The molecule has 2 aliphatic rings. The summed E-state index contributed by atoms with van der Waals surface area (Å²) in [6.45, 7) is -0.264. The first-order chi connectivity index (χ1) is 20.0. The van der Waals surface area contributed by atoms with Crippen LogP contribution in [0.1, 0.15) is 12.8 Å². The fourth-order valence-corrected chi connectivity index (χ4v) is 6.56. The Kier molecular flexibility index (Phi) is 9.61. The van der Waals surface area contributed by atoms with Crippen LogP contribution in [0.3, 0.4) is 0 Å². The van der Waals surface area contributed by atoms with Gasteiger partial charge in [0.15, 0.2) is 0 Å². The van der Waals surface area contributed by atoms with Crippen LogP contribution in [-0.2, 0) is 19.2 Å². The number of hydrogen-bond donors (Lipinski definition) is 2. The first-order valence-electron chi connectivity index (χ1n) is 11.9. The Morgan fingerprint density at radius 1 is 0.714 bits per heavy atom. The van der Waals surface area contributed by atoms with Gasteiger partial charge in [-0.1, -0.05) is 72.2 Å². The molecule has 2 aromatic rings. The van der Waals surface area contributed by atoms with E-state index < -0.39 is 33.5 Å². The summed E-state index contributed by atoms with van der Waals surface area (Å²) in [5, 5.41) is 27.2. The first kappa shape index (κ1) is 30.7. The van der Waals surface area contributed by atoms with Crippen LogP contribution < -0.4 is 10.6 Å². The van der Waals surface area contributed by atoms with Crippen molar-refractivity contribution < 1.29 is 29.0 Å². The van der Waals surface area contributed by atoms with Crippen molar-refractivity contribution in [2.24, 2.45) is 0 Å². The molecular weight excluding hydrogens is 629 g/mol. The van der Waals surface area contributed by atoms with Crippen LogP contribution in [0.5, 0.6) is 0 Å². The molecular formula is C24H18N6O8S4. The van der Waals surface area contributed by atoms with Crippen molar-refractivity contribution in [2.75, 3.05) is 23.7 Å². The quantitative estimate of drug-likeness (QED) is 0.165. The van der Waals surface area contributed by atoms with Gasteiger partial charge in [-0.25, -0.2) is 0 Å². The molecule has 42 heavy (non-hydrogen) atoms. The SMILES string of the molecule is O=C(CCN1C(=O)C(=C2SC(=S)N(CCC(=O)Nc3ccccc3[N+](=O)[O-])C2=O)SC1=S)Nc1ccccc1[N+](=O)[O-]. The van der Waals surface area contributed by atoms with E-state index in [9.17, 15) is 39.4 Å². The second-order valence-electron chi connectivity index (χ2n) is 8.45. The third kappa shape index (κ3) is 6.78. The van der Waals surface area contributed by atoms with Crippen molar-refractivity contribution in [3.8, 4) is 0 Å². The van der Waals surface area contributed by atoms with E-state index in [1.54, 1.807) is 0 Å². The van der Waals surface area contributed by atoms with Crippen molar-refractivity contribution in [3.05, 3.63) is 78.6 Å². The number of nitro groups is 2. The van der Waals surface area contributed by atoms with E-state index in [1.165, 1.54) is 48.5 Å². The summed E-state index contributed by atoms with van der Waals surface area (Å²) in [6.07, 6.45) is -0.442. The van der Waals surface area contributed by atoms with Gasteiger partial charge < -0.3 is 10.6 Å². The van der Waals surface area contributed by atoms with Crippen LogP contribution in [0.15, 0.2) is 58.3 Å². The molecule has 4 rings (SSSR count). The molecule has 216 valence electrons. The number of thioether (sulfide) groups is 2. The fraction of sp³-hybridized carbons (Fsp3) is 0.167. The second kappa shape index (κ2) is 13.1. The molecule has 0 bridgehead atoms. The van der Waals surface area contributed by atoms with Crippen molar-refractivity contribution >= 4 is 103 Å². The minimum absolute atomic E-state index is 0.0113. The normalized spacial score (nSPS) is 16.7. The number of hydrogen-bond acceptors (Lipinski definition) is 12. The summed E-state index contributed by atoms with van der Waals surface area (Å²) in [6, 6.07) is 11.2. The van der Waals surface area contributed by atoms with Gasteiger partial charge in [0.2, 0.25) is 11.8 Å². The van der Waals surface area contributed by atoms with Gasteiger partial charge in [-0.05, 0) is 12.1 Å². The van der Waals surface area contributed by atoms with Crippen LogP contribution in [-0.4, -0.2) is 65.0 Å². The van der Waals surface area contributed by atoms with Gasteiger partial charge >= 0.3 is 0 Å². The maximum atomic E-state index is 13.1. The number of para-hydroxylation sites is 4. The fourth-order valence-electron chi connectivity index (χ4n) is 3.78. The van der Waals surface area contributed by atoms with E-state index >= 15 is 0 Å². The molecule has 4 amide bonds. The smallest absolute Gasteiger partial charge is 0.292 e. The summed E-state index contributed by atoms with van der Waals surface area (Å²) in [5.41, 5.74) is -0.538. The molecule has 14 nitrogen and oxygen atoms in total. The lowest BCUT2D eigenvalue weighted by Crippen LogP contribution is -2.33. The summed E-state index contributed by atoms with van der Waals surface area (Å²) in [7, 11) is 0. The Balaban J connectivity index is 1.36. The van der Waals surface area contributed by atoms with Gasteiger partial charge in [-0.2, -0.15) is 0 Å². The highest BCUT2D eigenvalue weighted by atomic mass is 32.2. The predicted molar refractivity (Wildman–Crippen MR) is 164 cm³/mol. The standard InChI is InChI=1S/C24H18N6O8S4/c31-17(25-13-5-1-3-7-15(13)29(35)36)9-11-27-21(33)19(41-23(27)39)20-22(34)28(24(40)42-20)12-10-18(32)26-14-6-2-4-8-16(14)30(37)38/h1-8H,9-12H2,(H,25,31)(H,26,32). The van der Waals surface area contributed by atoms with Gasteiger partial charge in [0, 0.05) is 38.1 Å². The number of nitro benzene ring substituents is 2. The Bertz CT molecular complexity index is 1480. The maximum absolute atomic E-state index is 13.1. The molecule has 0 unspecified atom stereocenters. The van der Waals surface area contributed by atoms with Crippen LogP contribution >= 0.6 is 48.0 Å². The van der Waals surface area contributed by atoms with Crippen LogP contribution in [0.4, 0.5) is 22.7 Å². The van der Waals surface area contributed by atoms with Gasteiger partial charge in [-0.15, -0.1) is 0 Å². The molecule has 0 aliphatic carbocycles. The van der Waals surface area contributed by atoms with E-state index in [0.717, 1.165) is 33.3 Å². The molecule has 2 fully saturated rings. The van der Waals surface area contributed by atoms with E-state index in [4.69, 9.17) is 24.4 Å². The van der Waals surface area contributed by atoms with Gasteiger partial charge in [0.25, 0.3) is 23.2 Å².